The van der Waals surface area contributed by atoms with Crippen molar-refractivity contribution in [2.24, 2.45) is 22.9 Å². The SMILES string of the molecule is C=CCOC12Oc3ccc(Oc4ccc(C)c(C)c4)cc3C3C(CCCCO)C(CCCCO)C=C(C(=NOCc4ccccc4)CC1N(C)C(=O)OCC)C32. The highest BCUT2D eigenvalue weighted by Crippen LogP contribution is 2.62. The van der Waals surface area contributed by atoms with Gasteiger partial charge in [0, 0.05) is 38.2 Å². The van der Waals surface area contributed by atoms with Crippen molar-refractivity contribution in [2.45, 2.75) is 90.1 Å². The Kier molecular flexibility index (Phi) is 13.9. The maximum atomic E-state index is 13.7. The normalized spacial score (nSPS) is 24.3. The molecule has 6 rings (SSSR count). The fraction of sp³-hybridized carbons (Fsp3) is 0.478. The van der Waals surface area contributed by atoms with E-state index in [2.05, 4.69) is 38.6 Å². The van der Waals surface area contributed by atoms with E-state index >= 15 is 0 Å². The third-order valence-corrected chi connectivity index (χ3v) is 11.6. The summed E-state index contributed by atoms with van der Waals surface area (Å²) in [5, 5.41) is 24.6. The second-order valence-corrected chi connectivity index (χ2v) is 15.2. The second kappa shape index (κ2) is 19.0. The predicted octanol–water partition coefficient (Wildman–Crippen LogP) is 9.02. The van der Waals surface area contributed by atoms with Gasteiger partial charge in [-0.15, -0.1) is 6.58 Å². The Morgan fingerprint density at radius 3 is 2.43 bits per heavy atom. The molecule has 6 atom stereocenters. The molecule has 0 aromatic heterocycles. The minimum absolute atomic E-state index is 0.0957. The average molecular weight is 767 g/mol. The summed E-state index contributed by atoms with van der Waals surface area (Å²) in [6.07, 6.45) is 8.59. The number of rotatable bonds is 18. The topological polar surface area (TPSA) is 119 Å². The lowest BCUT2D eigenvalue weighted by Crippen LogP contribution is -2.69. The summed E-state index contributed by atoms with van der Waals surface area (Å²) >= 11 is 0. The van der Waals surface area contributed by atoms with Crippen molar-refractivity contribution in [1.29, 1.82) is 0 Å². The van der Waals surface area contributed by atoms with Gasteiger partial charge in [0.15, 0.2) is 0 Å². The molecule has 3 aliphatic rings. The lowest BCUT2D eigenvalue weighted by atomic mass is 9.55. The average Bonchev–Trinajstić information content (AvgIpc) is 3.20. The molecule has 1 heterocycles. The Bertz CT molecular complexity index is 1860. The standard InChI is InChI=1S/C46H58N2O8/c1-6-25-53-46-42(48(5)45(51)52-7-2)29-40(47-54-30-33-15-9-8-10-16-33)38-27-34(17-11-13-23-49)37(18-12-14-24-50)43(44(38)46)39-28-36(21-22-41(39)56-46)55-35-20-19-31(3)32(4)26-35/h6,8-10,15-16,19-22,26-28,34,37,42-44,49-50H,1,7,11-14,17-18,23-25,29-30H2,2-5H3. The zero-order chi connectivity index (χ0) is 39.7. The van der Waals surface area contributed by atoms with Crippen molar-refractivity contribution in [1.82, 2.24) is 4.90 Å². The number of aliphatic hydroxyl groups is 2. The number of hydrogen-bond donors (Lipinski definition) is 2. The van der Waals surface area contributed by atoms with Crippen molar-refractivity contribution in [3.63, 3.8) is 0 Å². The zero-order valence-corrected chi connectivity index (χ0v) is 33.3. The number of carbonyl (C=O) groups is 1. The first-order chi connectivity index (χ1) is 27.2. The molecule has 10 heteroatoms. The Morgan fingerprint density at radius 2 is 1.71 bits per heavy atom. The Balaban J connectivity index is 1.55. The number of benzene rings is 3. The first kappa shape index (κ1) is 41.0. The van der Waals surface area contributed by atoms with Gasteiger partial charge in [-0.2, -0.15) is 0 Å². The van der Waals surface area contributed by atoms with E-state index in [4.69, 9.17) is 28.9 Å². The van der Waals surface area contributed by atoms with Gasteiger partial charge in [0.05, 0.1) is 24.8 Å². The van der Waals surface area contributed by atoms with E-state index in [-0.39, 0.29) is 57.2 Å². The number of ether oxygens (including phenoxy) is 4. The molecule has 0 radical (unpaired) electrons. The van der Waals surface area contributed by atoms with Crippen molar-refractivity contribution >= 4 is 11.8 Å². The number of carbonyl (C=O) groups excluding carboxylic acids is 1. The first-order valence-corrected chi connectivity index (χ1v) is 20.1. The van der Waals surface area contributed by atoms with Crippen molar-refractivity contribution in [3.05, 3.63) is 113 Å². The molecule has 2 N–H and O–H groups in total. The highest BCUT2D eigenvalue weighted by molar-refractivity contribution is 6.02. The van der Waals surface area contributed by atoms with E-state index in [1.165, 1.54) is 5.56 Å². The fourth-order valence-electron chi connectivity index (χ4n) is 8.82. The van der Waals surface area contributed by atoms with E-state index in [1.54, 1.807) is 24.9 Å². The fourth-order valence-corrected chi connectivity index (χ4v) is 8.82. The zero-order valence-electron chi connectivity index (χ0n) is 33.3. The number of likely N-dealkylation sites (N-methyl/N-ethyl adjacent to an activating group) is 1. The third-order valence-electron chi connectivity index (χ3n) is 11.6. The van der Waals surface area contributed by atoms with Crippen LogP contribution >= 0.6 is 0 Å². The van der Waals surface area contributed by atoms with Gasteiger partial charge in [0.2, 0.25) is 5.79 Å². The van der Waals surface area contributed by atoms with Crippen LogP contribution in [0.25, 0.3) is 0 Å². The quantitative estimate of drug-likeness (QED) is 0.0748. The van der Waals surface area contributed by atoms with E-state index in [9.17, 15) is 15.0 Å². The van der Waals surface area contributed by atoms with E-state index in [1.807, 2.05) is 54.6 Å². The van der Waals surface area contributed by atoms with Crippen LogP contribution in [0.15, 0.2) is 96.2 Å². The van der Waals surface area contributed by atoms with Crippen LogP contribution in [0, 0.1) is 31.6 Å². The van der Waals surface area contributed by atoms with Gasteiger partial charge in [-0.3, -0.25) is 0 Å². The van der Waals surface area contributed by atoms with E-state index in [0.29, 0.717) is 24.3 Å². The van der Waals surface area contributed by atoms with Gasteiger partial charge in [-0.1, -0.05) is 66.5 Å². The lowest BCUT2D eigenvalue weighted by molar-refractivity contribution is -0.253. The molecular formula is C46H58N2O8. The summed E-state index contributed by atoms with van der Waals surface area (Å²) in [6, 6.07) is 21.3. The number of aliphatic hydroxyl groups excluding tert-OH is 2. The maximum Gasteiger partial charge on any atom is 0.409 e. The lowest BCUT2D eigenvalue weighted by Gasteiger charge is -2.59. The number of unbranched alkanes of at least 4 members (excludes halogenated alkanes) is 2. The molecular weight excluding hydrogens is 709 g/mol. The molecule has 300 valence electrons. The Hall–Kier alpha value is -4.64. The number of nitrogens with zero attached hydrogens (tertiary/aromatic N) is 2. The molecule has 1 amide bonds. The van der Waals surface area contributed by atoms with Crippen LogP contribution in [0.5, 0.6) is 17.2 Å². The Morgan fingerprint density at radius 1 is 0.982 bits per heavy atom. The van der Waals surface area contributed by atoms with Crippen molar-refractivity contribution in [3.8, 4) is 17.2 Å². The van der Waals surface area contributed by atoms with Crippen LogP contribution in [0.3, 0.4) is 0 Å². The van der Waals surface area contributed by atoms with Crippen LogP contribution in [0.1, 0.15) is 80.0 Å². The number of amides is 1. The smallest absolute Gasteiger partial charge is 0.409 e. The molecule has 2 aliphatic carbocycles. The molecule has 1 fully saturated rings. The van der Waals surface area contributed by atoms with Crippen LogP contribution in [0.2, 0.25) is 0 Å². The summed E-state index contributed by atoms with van der Waals surface area (Å²) in [5.74, 6) is 0.372. The van der Waals surface area contributed by atoms with Crippen LogP contribution in [-0.4, -0.2) is 72.2 Å². The van der Waals surface area contributed by atoms with Crippen LogP contribution < -0.4 is 9.47 Å². The van der Waals surface area contributed by atoms with Gasteiger partial charge >= 0.3 is 6.09 Å². The van der Waals surface area contributed by atoms with Crippen LogP contribution in [0.4, 0.5) is 4.79 Å². The summed E-state index contributed by atoms with van der Waals surface area (Å²) in [6.45, 7) is 10.8. The molecule has 0 spiro atoms. The van der Waals surface area contributed by atoms with Crippen LogP contribution in [-0.2, 0) is 20.9 Å². The number of oxime groups is 1. The predicted molar refractivity (Wildman–Crippen MR) is 217 cm³/mol. The summed E-state index contributed by atoms with van der Waals surface area (Å²) in [7, 11) is 1.73. The molecule has 56 heavy (non-hydrogen) atoms. The highest BCUT2D eigenvalue weighted by Gasteiger charge is 2.65. The first-order valence-electron chi connectivity index (χ1n) is 20.1. The molecule has 6 unspecified atom stereocenters. The maximum absolute atomic E-state index is 13.7. The molecule has 0 bridgehead atoms. The monoisotopic (exact) mass is 766 g/mol. The van der Waals surface area contributed by atoms with Gasteiger partial charge < -0.3 is 38.9 Å². The summed E-state index contributed by atoms with van der Waals surface area (Å²) in [4.78, 5) is 21.4. The molecule has 1 aliphatic heterocycles. The van der Waals surface area contributed by atoms with E-state index in [0.717, 1.165) is 59.4 Å². The summed E-state index contributed by atoms with van der Waals surface area (Å²) in [5.41, 5.74) is 6.01. The number of allylic oxidation sites excluding steroid dienone is 1. The summed E-state index contributed by atoms with van der Waals surface area (Å²) < 4.78 is 26.2. The number of aryl methyl sites for hydroxylation is 2. The molecule has 3 aromatic rings. The number of hydrogen-bond acceptors (Lipinski definition) is 9. The van der Waals surface area contributed by atoms with Crippen molar-refractivity contribution < 1.29 is 38.8 Å². The molecule has 0 saturated heterocycles. The minimum atomic E-state index is -1.35. The van der Waals surface area contributed by atoms with E-state index < -0.39 is 23.8 Å². The van der Waals surface area contributed by atoms with Gasteiger partial charge in [-0.05, 0) is 111 Å². The molecule has 10 nitrogen and oxygen atoms in total. The van der Waals surface area contributed by atoms with Gasteiger partial charge in [0.25, 0.3) is 0 Å². The third kappa shape index (κ3) is 8.83. The van der Waals surface area contributed by atoms with Gasteiger partial charge in [0.1, 0.15) is 29.9 Å². The second-order valence-electron chi connectivity index (χ2n) is 15.2. The molecule has 3 aromatic carbocycles. The Labute approximate surface area is 331 Å². The van der Waals surface area contributed by atoms with Gasteiger partial charge in [-0.25, -0.2) is 4.79 Å². The highest BCUT2D eigenvalue weighted by atomic mass is 16.7. The molecule has 1 saturated carbocycles. The largest absolute Gasteiger partial charge is 0.459 e. The minimum Gasteiger partial charge on any atom is -0.459 e. The number of fused-ring (bicyclic) bond motifs is 2. The van der Waals surface area contributed by atoms with Crippen molar-refractivity contribution in [2.75, 3.05) is 33.5 Å².